The van der Waals surface area contributed by atoms with E-state index in [0.29, 0.717) is 6.42 Å². The van der Waals surface area contributed by atoms with E-state index in [-0.39, 0.29) is 18.0 Å². The molecule has 0 spiro atoms. The lowest BCUT2D eigenvalue weighted by atomic mass is 10.00. The number of carbonyl (C=O) groups excluding carboxylic acids is 1. The second kappa shape index (κ2) is 8.31. The largest absolute Gasteiger partial charge is 0.497 e. The first-order valence-corrected chi connectivity index (χ1v) is 9.97. The molecule has 4 rings (SSSR count). The molecule has 0 radical (unpaired) electrons. The van der Waals surface area contributed by atoms with Crippen LogP contribution in [0.5, 0.6) is 11.5 Å². The molecule has 0 aliphatic carbocycles. The summed E-state index contributed by atoms with van der Waals surface area (Å²) in [5, 5.41) is 3.05. The third kappa shape index (κ3) is 4.02. The van der Waals surface area contributed by atoms with Gasteiger partial charge < -0.3 is 19.7 Å². The predicted octanol–water partition coefficient (Wildman–Crippen LogP) is 2.63. The molecule has 1 fully saturated rings. The molecule has 154 valence electrons. The molecular formula is C22H28N4O3. The van der Waals surface area contributed by atoms with Gasteiger partial charge >= 0.3 is 0 Å². The van der Waals surface area contributed by atoms with Crippen molar-refractivity contribution in [2.75, 3.05) is 38.0 Å². The highest BCUT2D eigenvalue weighted by Gasteiger charge is 2.32. The number of carbonyl (C=O) groups is 1. The Kier molecular flexibility index (Phi) is 5.60. The van der Waals surface area contributed by atoms with E-state index in [0.717, 1.165) is 35.7 Å². The summed E-state index contributed by atoms with van der Waals surface area (Å²) in [6.45, 7) is 1.05. The third-order valence-electron chi connectivity index (χ3n) is 5.74. The molecule has 2 aromatic carbocycles. The van der Waals surface area contributed by atoms with E-state index in [2.05, 4.69) is 40.2 Å². The highest BCUT2D eigenvalue weighted by Crippen LogP contribution is 2.34. The maximum absolute atomic E-state index is 12.8. The average Bonchev–Trinajstić information content (AvgIpc) is 3.24. The van der Waals surface area contributed by atoms with Gasteiger partial charge in [0.15, 0.2) is 0 Å². The number of amides is 1. The molecular weight excluding hydrogens is 368 g/mol. The maximum Gasteiger partial charge on any atom is 0.242 e. The Bertz CT molecular complexity index is 902. The highest BCUT2D eigenvalue weighted by molar-refractivity contribution is 5.95. The number of nitrogens with one attached hydrogen (secondary N) is 3. The summed E-state index contributed by atoms with van der Waals surface area (Å²) in [5.41, 5.74) is 10.7. The predicted molar refractivity (Wildman–Crippen MR) is 114 cm³/mol. The molecule has 1 saturated heterocycles. The fraction of sp³-hybridized carbons (Fsp3) is 0.409. The van der Waals surface area contributed by atoms with Gasteiger partial charge in [-0.3, -0.25) is 4.79 Å². The molecule has 2 unspecified atom stereocenters. The summed E-state index contributed by atoms with van der Waals surface area (Å²) in [6.07, 6.45) is 2.88. The van der Waals surface area contributed by atoms with Gasteiger partial charge in [-0.05, 0) is 43.0 Å². The van der Waals surface area contributed by atoms with E-state index in [1.807, 2.05) is 24.3 Å². The van der Waals surface area contributed by atoms with Crippen LogP contribution >= 0.6 is 0 Å². The molecule has 1 amide bonds. The van der Waals surface area contributed by atoms with E-state index < -0.39 is 0 Å². The highest BCUT2D eigenvalue weighted by atomic mass is 16.5. The van der Waals surface area contributed by atoms with Crippen molar-refractivity contribution in [1.29, 1.82) is 0 Å². The van der Waals surface area contributed by atoms with Crippen LogP contribution in [0.1, 0.15) is 30.0 Å². The van der Waals surface area contributed by atoms with Gasteiger partial charge in [-0.2, -0.15) is 0 Å². The molecule has 2 aliphatic heterocycles. The Labute approximate surface area is 171 Å². The van der Waals surface area contributed by atoms with Gasteiger partial charge in [0.05, 0.1) is 20.3 Å². The van der Waals surface area contributed by atoms with Gasteiger partial charge in [-0.1, -0.05) is 12.1 Å². The number of anilines is 2. The average molecular weight is 396 g/mol. The van der Waals surface area contributed by atoms with Gasteiger partial charge in [0.2, 0.25) is 5.91 Å². The fourth-order valence-corrected chi connectivity index (χ4v) is 4.10. The lowest BCUT2D eigenvalue weighted by molar-refractivity contribution is -0.117. The van der Waals surface area contributed by atoms with E-state index in [4.69, 9.17) is 9.47 Å². The van der Waals surface area contributed by atoms with Gasteiger partial charge in [-0.15, -0.1) is 0 Å². The number of rotatable bonds is 5. The molecule has 29 heavy (non-hydrogen) atoms. The smallest absolute Gasteiger partial charge is 0.242 e. The normalized spacial score (nSPS) is 20.9. The van der Waals surface area contributed by atoms with Crippen LogP contribution in [0.2, 0.25) is 0 Å². The van der Waals surface area contributed by atoms with Crippen LogP contribution in [-0.2, 0) is 11.2 Å². The van der Waals surface area contributed by atoms with Crippen LogP contribution in [0, 0.1) is 0 Å². The summed E-state index contributed by atoms with van der Waals surface area (Å²) in [7, 11) is 5.36. The van der Waals surface area contributed by atoms with Crippen LogP contribution < -0.4 is 30.5 Å². The Morgan fingerprint density at radius 1 is 1.14 bits per heavy atom. The van der Waals surface area contributed by atoms with E-state index in [1.165, 1.54) is 17.7 Å². The summed E-state index contributed by atoms with van der Waals surface area (Å²) in [6, 6.07) is 11.5. The molecule has 2 atom stereocenters. The zero-order valence-corrected chi connectivity index (χ0v) is 17.1. The molecule has 0 saturated carbocycles. The summed E-state index contributed by atoms with van der Waals surface area (Å²) < 4.78 is 10.8. The van der Waals surface area contributed by atoms with Crippen LogP contribution in [-0.4, -0.2) is 39.8 Å². The second-order valence-corrected chi connectivity index (χ2v) is 7.60. The van der Waals surface area contributed by atoms with Crippen LogP contribution in [0.3, 0.4) is 0 Å². The number of hydrazine groups is 1. The van der Waals surface area contributed by atoms with Crippen LogP contribution in [0.25, 0.3) is 0 Å². The van der Waals surface area contributed by atoms with Crippen molar-refractivity contribution in [3.05, 3.63) is 47.5 Å². The molecule has 7 heteroatoms. The summed E-state index contributed by atoms with van der Waals surface area (Å²) in [4.78, 5) is 15.1. The minimum Gasteiger partial charge on any atom is -0.497 e. The van der Waals surface area contributed by atoms with Gasteiger partial charge in [0.1, 0.15) is 17.5 Å². The van der Waals surface area contributed by atoms with Gasteiger partial charge in [0, 0.05) is 36.6 Å². The number of hydrogen-bond acceptors (Lipinski definition) is 6. The Morgan fingerprint density at radius 2 is 2.00 bits per heavy atom. The molecule has 2 aliphatic rings. The van der Waals surface area contributed by atoms with Crippen LogP contribution in [0.15, 0.2) is 36.4 Å². The Morgan fingerprint density at radius 3 is 2.79 bits per heavy atom. The van der Waals surface area contributed by atoms with Crippen molar-refractivity contribution in [1.82, 2.24) is 10.9 Å². The lowest BCUT2D eigenvalue weighted by Crippen LogP contribution is -2.39. The van der Waals surface area contributed by atoms with E-state index >= 15 is 0 Å². The second-order valence-electron chi connectivity index (χ2n) is 7.60. The fourth-order valence-electron chi connectivity index (χ4n) is 4.10. The zero-order chi connectivity index (χ0) is 20.4. The van der Waals surface area contributed by atoms with Crippen LogP contribution in [0.4, 0.5) is 11.4 Å². The molecule has 2 heterocycles. The molecule has 7 nitrogen and oxygen atoms in total. The molecule has 2 aromatic rings. The number of ether oxygens (including phenoxy) is 2. The number of aryl methyl sites for hydroxylation is 1. The Hall–Kier alpha value is -2.77. The monoisotopic (exact) mass is 396 g/mol. The number of methoxy groups -OCH3 is 2. The van der Waals surface area contributed by atoms with Crippen molar-refractivity contribution >= 4 is 17.3 Å². The SMILES string of the molecule is COc1ccc(C2CC(C(=O)Nc3ccc4c(c3)N(C)CCC4)NN2)c(OC)c1. The maximum atomic E-state index is 12.8. The lowest BCUT2D eigenvalue weighted by Gasteiger charge is -2.28. The first-order valence-electron chi connectivity index (χ1n) is 9.97. The summed E-state index contributed by atoms with van der Waals surface area (Å²) in [5.74, 6) is 1.43. The molecule has 0 aromatic heterocycles. The van der Waals surface area contributed by atoms with E-state index in [9.17, 15) is 4.79 Å². The van der Waals surface area contributed by atoms with Crippen molar-refractivity contribution in [2.24, 2.45) is 0 Å². The molecule has 3 N–H and O–H groups in total. The van der Waals surface area contributed by atoms with Crippen molar-refractivity contribution < 1.29 is 14.3 Å². The van der Waals surface area contributed by atoms with Crippen molar-refractivity contribution in [2.45, 2.75) is 31.3 Å². The number of benzene rings is 2. The number of nitrogens with zero attached hydrogens (tertiary/aromatic N) is 1. The van der Waals surface area contributed by atoms with Gasteiger partial charge in [-0.25, -0.2) is 10.9 Å². The zero-order valence-electron chi connectivity index (χ0n) is 17.1. The minimum atomic E-state index is -0.333. The standard InChI is InChI=1S/C22H28N4O3/c1-26-10-4-5-14-6-7-15(11-20(14)26)23-22(27)19-13-18(24-25-19)17-9-8-16(28-2)12-21(17)29-3/h6-9,11-12,18-19,24-25H,4-5,10,13H2,1-3H3,(H,23,27). The minimum absolute atomic E-state index is 0.0266. The summed E-state index contributed by atoms with van der Waals surface area (Å²) >= 11 is 0. The van der Waals surface area contributed by atoms with E-state index in [1.54, 1.807) is 14.2 Å². The number of hydrogen-bond donors (Lipinski definition) is 3. The van der Waals surface area contributed by atoms with Crippen molar-refractivity contribution in [3.63, 3.8) is 0 Å². The molecule has 0 bridgehead atoms. The van der Waals surface area contributed by atoms with Gasteiger partial charge in [0.25, 0.3) is 0 Å². The topological polar surface area (TPSA) is 74.9 Å². The quantitative estimate of drug-likeness (QED) is 0.722. The third-order valence-corrected chi connectivity index (χ3v) is 5.74. The number of fused-ring (bicyclic) bond motifs is 1. The Balaban J connectivity index is 1.43. The van der Waals surface area contributed by atoms with Crippen molar-refractivity contribution in [3.8, 4) is 11.5 Å². The first kappa shape index (κ1) is 19.5. The first-order chi connectivity index (χ1) is 14.1.